The Hall–Kier alpha value is -2.83. The van der Waals surface area contributed by atoms with Gasteiger partial charge >= 0.3 is 6.18 Å². The number of aromatic nitrogens is 4. The van der Waals surface area contributed by atoms with Crippen LogP contribution in [-0.4, -0.2) is 32.5 Å². The SMILES string of the molecule is Cc1cc(-n2nc(NCC(F)(F)F)c(C#N)c2N)ncn1. The van der Waals surface area contributed by atoms with Crippen LogP contribution in [0.5, 0.6) is 0 Å². The number of halogens is 3. The molecule has 0 saturated carbocycles. The number of nitrogen functional groups attached to an aromatic ring is 1. The molecule has 2 aromatic heterocycles. The Morgan fingerprint density at radius 2 is 2.14 bits per heavy atom. The molecular formula is C11H10F3N7. The molecule has 110 valence electrons. The van der Waals surface area contributed by atoms with E-state index in [1.165, 1.54) is 12.4 Å². The number of nitrogens with zero attached hydrogens (tertiary/aromatic N) is 5. The smallest absolute Gasteiger partial charge is 0.382 e. The van der Waals surface area contributed by atoms with Gasteiger partial charge in [0.1, 0.15) is 30.3 Å². The van der Waals surface area contributed by atoms with Crippen LogP contribution in [0.25, 0.3) is 5.82 Å². The number of hydrogen-bond donors (Lipinski definition) is 2. The van der Waals surface area contributed by atoms with E-state index >= 15 is 0 Å². The van der Waals surface area contributed by atoms with Gasteiger partial charge < -0.3 is 11.1 Å². The molecule has 0 aliphatic rings. The number of rotatable bonds is 3. The number of anilines is 2. The first-order valence-electron chi connectivity index (χ1n) is 5.70. The molecule has 0 spiro atoms. The molecule has 2 aromatic rings. The molecule has 21 heavy (non-hydrogen) atoms. The summed E-state index contributed by atoms with van der Waals surface area (Å²) in [6.07, 6.45) is -3.17. The predicted molar refractivity (Wildman–Crippen MR) is 67.6 cm³/mol. The maximum Gasteiger partial charge on any atom is 0.405 e. The van der Waals surface area contributed by atoms with Crippen molar-refractivity contribution in [2.75, 3.05) is 17.6 Å². The van der Waals surface area contributed by atoms with Gasteiger partial charge in [0.2, 0.25) is 0 Å². The van der Waals surface area contributed by atoms with Crippen molar-refractivity contribution in [1.82, 2.24) is 19.7 Å². The van der Waals surface area contributed by atoms with E-state index in [-0.39, 0.29) is 23.0 Å². The van der Waals surface area contributed by atoms with Crippen LogP contribution in [0.2, 0.25) is 0 Å². The normalized spacial score (nSPS) is 11.2. The summed E-state index contributed by atoms with van der Waals surface area (Å²) < 4.78 is 37.8. The minimum atomic E-state index is -4.43. The number of nitrogens with one attached hydrogen (secondary N) is 1. The number of hydrogen-bond acceptors (Lipinski definition) is 6. The van der Waals surface area contributed by atoms with Gasteiger partial charge in [0, 0.05) is 11.8 Å². The van der Waals surface area contributed by atoms with Crippen LogP contribution < -0.4 is 11.1 Å². The first-order valence-corrected chi connectivity index (χ1v) is 5.70. The fourth-order valence-electron chi connectivity index (χ4n) is 1.58. The van der Waals surface area contributed by atoms with Crippen molar-refractivity contribution in [3.05, 3.63) is 23.7 Å². The lowest BCUT2D eigenvalue weighted by Crippen LogP contribution is -2.22. The quantitative estimate of drug-likeness (QED) is 0.887. The Bertz CT molecular complexity index is 699. The van der Waals surface area contributed by atoms with Gasteiger partial charge in [0.05, 0.1) is 0 Å². The van der Waals surface area contributed by atoms with E-state index in [4.69, 9.17) is 11.0 Å². The van der Waals surface area contributed by atoms with Crippen LogP contribution in [0.4, 0.5) is 24.8 Å². The summed E-state index contributed by atoms with van der Waals surface area (Å²) >= 11 is 0. The highest BCUT2D eigenvalue weighted by Gasteiger charge is 2.28. The third kappa shape index (κ3) is 3.19. The van der Waals surface area contributed by atoms with Crippen LogP contribution in [0, 0.1) is 18.3 Å². The van der Waals surface area contributed by atoms with Crippen molar-refractivity contribution < 1.29 is 13.2 Å². The van der Waals surface area contributed by atoms with Gasteiger partial charge in [0.25, 0.3) is 0 Å². The van der Waals surface area contributed by atoms with Crippen LogP contribution >= 0.6 is 0 Å². The lowest BCUT2D eigenvalue weighted by Gasteiger charge is -2.06. The second-order valence-electron chi connectivity index (χ2n) is 4.12. The summed E-state index contributed by atoms with van der Waals surface area (Å²) in [6, 6.07) is 3.26. The molecule has 0 radical (unpaired) electrons. The Morgan fingerprint density at radius 1 is 1.43 bits per heavy atom. The summed E-state index contributed by atoms with van der Waals surface area (Å²) in [6.45, 7) is 0.389. The topological polar surface area (TPSA) is 105 Å². The van der Waals surface area contributed by atoms with Crippen molar-refractivity contribution in [2.45, 2.75) is 13.1 Å². The zero-order valence-corrected chi connectivity index (χ0v) is 10.8. The molecule has 0 bridgehead atoms. The van der Waals surface area contributed by atoms with E-state index < -0.39 is 12.7 Å². The third-order valence-electron chi connectivity index (χ3n) is 2.50. The summed E-state index contributed by atoms with van der Waals surface area (Å²) in [5, 5.41) is 14.9. The number of alkyl halides is 3. The second-order valence-corrected chi connectivity index (χ2v) is 4.12. The molecule has 2 rings (SSSR count). The highest BCUT2D eigenvalue weighted by molar-refractivity contribution is 5.65. The predicted octanol–water partition coefficient (Wildman–Crippen LogP) is 1.40. The monoisotopic (exact) mass is 297 g/mol. The van der Waals surface area contributed by atoms with Gasteiger partial charge in [-0.1, -0.05) is 0 Å². The number of nitriles is 1. The van der Waals surface area contributed by atoms with Crippen LogP contribution in [0.3, 0.4) is 0 Å². The molecule has 0 aliphatic carbocycles. The van der Waals surface area contributed by atoms with Gasteiger partial charge in [-0.05, 0) is 6.92 Å². The highest BCUT2D eigenvalue weighted by atomic mass is 19.4. The van der Waals surface area contributed by atoms with E-state index in [0.29, 0.717) is 5.69 Å². The van der Waals surface area contributed by atoms with Gasteiger partial charge in [-0.3, -0.25) is 0 Å². The lowest BCUT2D eigenvalue weighted by atomic mass is 10.3. The summed E-state index contributed by atoms with van der Waals surface area (Å²) in [7, 11) is 0. The van der Waals surface area contributed by atoms with Crippen molar-refractivity contribution in [1.29, 1.82) is 5.26 Å². The minimum Gasteiger partial charge on any atom is -0.382 e. The van der Waals surface area contributed by atoms with Gasteiger partial charge in [-0.15, -0.1) is 5.10 Å². The molecule has 0 atom stereocenters. The molecule has 0 fully saturated rings. The zero-order valence-electron chi connectivity index (χ0n) is 10.8. The van der Waals surface area contributed by atoms with Crippen molar-refractivity contribution >= 4 is 11.6 Å². The van der Waals surface area contributed by atoms with E-state index in [1.807, 2.05) is 5.32 Å². The Morgan fingerprint density at radius 3 is 2.71 bits per heavy atom. The molecule has 0 amide bonds. The van der Waals surface area contributed by atoms with Crippen LogP contribution in [-0.2, 0) is 0 Å². The minimum absolute atomic E-state index is 0.0970. The van der Waals surface area contributed by atoms with Crippen LogP contribution in [0.15, 0.2) is 12.4 Å². The first kappa shape index (κ1) is 14.6. The Balaban J connectivity index is 2.41. The fourth-order valence-corrected chi connectivity index (χ4v) is 1.58. The Labute approximate surface area is 117 Å². The maximum atomic E-state index is 12.2. The van der Waals surface area contributed by atoms with Crippen molar-refractivity contribution in [3.63, 3.8) is 0 Å². The summed E-state index contributed by atoms with van der Waals surface area (Å²) in [5.74, 6) is -0.0829. The van der Waals surface area contributed by atoms with Crippen LogP contribution in [0.1, 0.15) is 11.3 Å². The average Bonchev–Trinajstić information content (AvgIpc) is 2.72. The van der Waals surface area contributed by atoms with E-state index in [9.17, 15) is 13.2 Å². The summed E-state index contributed by atoms with van der Waals surface area (Å²) in [5.41, 5.74) is 6.18. The van der Waals surface area contributed by atoms with Crippen molar-refractivity contribution in [3.8, 4) is 11.9 Å². The largest absolute Gasteiger partial charge is 0.405 e. The standard InChI is InChI=1S/C11H10F3N7/c1-6-2-8(19-5-18-6)21-9(16)7(3-15)10(20-21)17-4-11(12,13)14/h2,5H,4,16H2,1H3,(H,17,20). The molecule has 2 heterocycles. The van der Waals surface area contributed by atoms with Gasteiger partial charge in [-0.2, -0.15) is 23.1 Å². The molecule has 0 aliphatic heterocycles. The molecule has 3 N–H and O–H groups in total. The fraction of sp³-hybridized carbons (Fsp3) is 0.273. The van der Waals surface area contributed by atoms with Gasteiger partial charge in [0.15, 0.2) is 11.6 Å². The van der Waals surface area contributed by atoms with E-state index in [0.717, 1.165) is 4.68 Å². The van der Waals surface area contributed by atoms with E-state index in [2.05, 4.69) is 15.1 Å². The van der Waals surface area contributed by atoms with E-state index in [1.54, 1.807) is 13.0 Å². The highest BCUT2D eigenvalue weighted by Crippen LogP contribution is 2.24. The molecular weight excluding hydrogens is 287 g/mol. The summed E-state index contributed by atoms with van der Waals surface area (Å²) in [4.78, 5) is 7.81. The molecule has 0 saturated heterocycles. The number of nitrogens with two attached hydrogens (primary N) is 1. The van der Waals surface area contributed by atoms with Gasteiger partial charge in [-0.25, -0.2) is 9.97 Å². The second kappa shape index (κ2) is 5.28. The Kier molecular flexibility index (Phi) is 3.66. The number of aryl methyl sites for hydroxylation is 1. The molecule has 10 heteroatoms. The molecule has 7 nitrogen and oxygen atoms in total. The lowest BCUT2D eigenvalue weighted by molar-refractivity contribution is -0.115. The molecule has 0 aromatic carbocycles. The maximum absolute atomic E-state index is 12.2. The zero-order chi connectivity index (χ0) is 15.6. The van der Waals surface area contributed by atoms with Crippen molar-refractivity contribution in [2.24, 2.45) is 0 Å². The average molecular weight is 297 g/mol. The third-order valence-corrected chi connectivity index (χ3v) is 2.50. The molecule has 0 unspecified atom stereocenters. The first-order chi connectivity index (χ1) is 9.81.